The zero-order valence-electron chi connectivity index (χ0n) is 11.1. The van der Waals surface area contributed by atoms with Gasteiger partial charge in [0.15, 0.2) is 5.82 Å². The third kappa shape index (κ3) is 2.96. The van der Waals surface area contributed by atoms with Gasteiger partial charge in [-0.25, -0.2) is 4.39 Å². The highest BCUT2D eigenvalue weighted by atomic mass is 19.1. The Kier molecular flexibility index (Phi) is 3.89. The van der Waals surface area contributed by atoms with Crippen LogP contribution in [0.5, 0.6) is 6.01 Å². The lowest BCUT2D eigenvalue weighted by molar-refractivity contribution is 0.312. The van der Waals surface area contributed by atoms with Gasteiger partial charge in [0.25, 0.3) is 0 Å². The van der Waals surface area contributed by atoms with Gasteiger partial charge in [0.1, 0.15) is 5.82 Å². The van der Waals surface area contributed by atoms with E-state index in [-0.39, 0.29) is 17.7 Å². The van der Waals surface area contributed by atoms with Gasteiger partial charge in [-0.05, 0) is 26.0 Å². The molecule has 2 aromatic rings. The van der Waals surface area contributed by atoms with Crippen LogP contribution in [0.25, 0.3) is 11.4 Å². The molecular formula is C13H15FN4O. The molecule has 2 rings (SSSR count). The number of nitrogens with one attached hydrogen (secondary N) is 1. The number of aromatic nitrogens is 3. The Morgan fingerprint density at radius 2 is 2.05 bits per heavy atom. The van der Waals surface area contributed by atoms with E-state index < -0.39 is 0 Å². The Hall–Kier alpha value is -2.24. The highest BCUT2D eigenvalue weighted by Crippen LogP contribution is 2.22. The minimum absolute atomic E-state index is 0.178. The van der Waals surface area contributed by atoms with Crippen molar-refractivity contribution in [2.45, 2.75) is 13.8 Å². The number of aryl methyl sites for hydroxylation is 1. The van der Waals surface area contributed by atoms with Crippen LogP contribution in [0.15, 0.2) is 18.2 Å². The van der Waals surface area contributed by atoms with E-state index in [0.717, 1.165) is 5.56 Å². The summed E-state index contributed by atoms with van der Waals surface area (Å²) in [6, 6.07) is 4.97. The average Bonchev–Trinajstić information content (AvgIpc) is 2.41. The summed E-state index contributed by atoms with van der Waals surface area (Å²) in [5, 5.41) is 2.81. The van der Waals surface area contributed by atoms with E-state index in [0.29, 0.717) is 18.1 Å². The molecule has 0 saturated heterocycles. The molecule has 0 bridgehead atoms. The van der Waals surface area contributed by atoms with E-state index in [9.17, 15) is 4.39 Å². The summed E-state index contributed by atoms with van der Waals surface area (Å²) >= 11 is 0. The Balaban J connectivity index is 2.54. The van der Waals surface area contributed by atoms with Crippen LogP contribution >= 0.6 is 0 Å². The molecule has 6 heteroatoms. The van der Waals surface area contributed by atoms with Crippen LogP contribution in [-0.2, 0) is 0 Å². The molecule has 1 heterocycles. The van der Waals surface area contributed by atoms with E-state index >= 15 is 0 Å². The van der Waals surface area contributed by atoms with Crippen molar-refractivity contribution in [2.24, 2.45) is 0 Å². The van der Waals surface area contributed by atoms with Crippen molar-refractivity contribution >= 4 is 5.95 Å². The molecule has 0 amide bonds. The first-order chi connectivity index (χ1) is 9.13. The molecule has 0 aliphatic heterocycles. The Bertz CT molecular complexity index is 589. The van der Waals surface area contributed by atoms with Crippen LogP contribution in [0.4, 0.5) is 10.3 Å². The number of benzene rings is 1. The van der Waals surface area contributed by atoms with Crippen LogP contribution in [0.2, 0.25) is 0 Å². The molecule has 1 aromatic carbocycles. The van der Waals surface area contributed by atoms with Gasteiger partial charge in [0.05, 0.1) is 12.2 Å². The normalized spacial score (nSPS) is 10.3. The lowest BCUT2D eigenvalue weighted by Crippen LogP contribution is -2.05. The second-order valence-electron chi connectivity index (χ2n) is 3.93. The first kappa shape index (κ1) is 13.2. The SMILES string of the molecule is CCOc1nc(NC)nc(-c2cc(C)ccc2F)n1. The van der Waals surface area contributed by atoms with Gasteiger partial charge in [-0.3, -0.25) is 0 Å². The molecule has 0 unspecified atom stereocenters. The van der Waals surface area contributed by atoms with E-state index in [1.807, 2.05) is 13.8 Å². The lowest BCUT2D eigenvalue weighted by atomic mass is 10.1. The summed E-state index contributed by atoms with van der Waals surface area (Å²) in [6.45, 7) is 4.14. The number of hydrogen-bond acceptors (Lipinski definition) is 5. The highest BCUT2D eigenvalue weighted by molar-refractivity contribution is 5.58. The van der Waals surface area contributed by atoms with Crippen LogP contribution in [0, 0.1) is 12.7 Å². The summed E-state index contributed by atoms with van der Waals surface area (Å²) in [6.07, 6.45) is 0. The maximum Gasteiger partial charge on any atom is 0.321 e. The van der Waals surface area contributed by atoms with E-state index in [1.54, 1.807) is 19.2 Å². The number of ether oxygens (including phenoxy) is 1. The quantitative estimate of drug-likeness (QED) is 0.917. The van der Waals surface area contributed by atoms with Gasteiger partial charge in [-0.15, -0.1) is 0 Å². The molecule has 0 radical (unpaired) electrons. The first-order valence-electron chi connectivity index (χ1n) is 5.97. The third-order valence-corrected chi connectivity index (χ3v) is 2.47. The fourth-order valence-corrected chi connectivity index (χ4v) is 1.59. The van der Waals surface area contributed by atoms with Crippen LogP contribution < -0.4 is 10.1 Å². The molecule has 0 spiro atoms. The standard InChI is InChI=1S/C13H15FN4O/c1-4-19-13-17-11(16-12(15-3)18-13)9-7-8(2)5-6-10(9)14/h5-7H,4H2,1-3H3,(H,15,16,17,18). The predicted molar refractivity (Wildman–Crippen MR) is 70.7 cm³/mol. The van der Waals surface area contributed by atoms with Gasteiger partial charge >= 0.3 is 6.01 Å². The zero-order valence-corrected chi connectivity index (χ0v) is 11.1. The van der Waals surface area contributed by atoms with Gasteiger partial charge in [-0.1, -0.05) is 11.6 Å². The van der Waals surface area contributed by atoms with Gasteiger partial charge in [-0.2, -0.15) is 15.0 Å². The second kappa shape index (κ2) is 5.60. The maximum absolute atomic E-state index is 13.8. The molecule has 0 atom stereocenters. The second-order valence-corrected chi connectivity index (χ2v) is 3.93. The third-order valence-electron chi connectivity index (χ3n) is 2.47. The van der Waals surface area contributed by atoms with E-state index in [4.69, 9.17) is 4.74 Å². The molecule has 0 saturated carbocycles. The maximum atomic E-state index is 13.8. The topological polar surface area (TPSA) is 59.9 Å². The van der Waals surface area contributed by atoms with E-state index in [2.05, 4.69) is 20.3 Å². The Morgan fingerprint density at radius 3 is 2.74 bits per heavy atom. The zero-order chi connectivity index (χ0) is 13.8. The Morgan fingerprint density at radius 1 is 1.26 bits per heavy atom. The van der Waals surface area contributed by atoms with Gasteiger partial charge < -0.3 is 10.1 Å². The molecule has 0 aliphatic carbocycles. The number of anilines is 1. The number of rotatable bonds is 4. The molecule has 1 N–H and O–H groups in total. The van der Waals surface area contributed by atoms with E-state index in [1.165, 1.54) is 6.07 Å². The van der Waals surface area contributed by atoms with Crippen molar-refractivity contribution in [3.63, 3.8) is 0 Å². The first-order valence-corrected chi connectivity index (χ1v) is 5.97. The molecule has 100 valence electrons. The minimum atomic E-state index is -0.374. The van der Waals surface area contributed by atoms with Crippen molar-refractivity contribution in [2.75, 3.05) is 19.0 Å². The van der Waals surface area contributed by atoms with Gasteiger partial charge in [0.2, 0.25) is 5.95 Å². The summed E-state index contributed by atoms with van der Waals surface area (Å²) in [5.41, 5.74) is 1.26. The molecule has 0 aliphatic rings. The van der Waals surface area contributed by atoms with Crippen molar-refractivity contribution in [3.8, 4) is 17.4 Å². The largest absolute Gasteiger partial charge is 0.464 e. The Labute approximate surface area is 110 Å². The number of nitrogens with zero attached hydrogens (tertiary/aromatic N) is 3. The molecule has 19 heavy (non-hydrogen) atoms. The van der Waals surface area contributed by atoms with Crippen LogP contribution in [0.1, 0.15) is 12.5 Å². The number of halogens is 1. The monoisotopic (exact) mass is 262 g/mol. The number of hydrogen-bond donors (Lipinski definition) is 1. The van der Waals surface area contributed by atoms with Crippen LogP contribution in [-0.4, -0.2) is 28.6 Å². The predicted octanol–water partition coefficient (Wildman–Crippen LogP) is 2.43. The summed E-state index contributed by atoms with van der Waals surface area (Å²) < 4.78 is 19.1. The molecule has 5 nitrogen and oxygen atoms in total. The summed E-state index contributed by atoms with van der Waals surface area (Å²) in [5.74, 6) is 0.222. The molecule has 1 aromatic heterocycles. The lowest BCUT2D eigenvalue weighted by Gasteiger charge is -2.08. The minimum Gasteiger partial charge on any atom is -0.464 e. The molecular weight excluding hydrogens is 247 g/mol. The van der Waals surface area contributed by atoms with Crippen molar-refractivity contribution in [1.29, 1.82) is 0 Å². The summed E-state index contributed by atoms with van der Waals surface area (Å²) in [7, 11) is 1.68. The highest BCUT2D eigenvalue weighted by Gasteiger charge is 2.12. The fourth-order valence-electron chi connectivity index (χ4n) is 1.59. The smallest absolute Gasteiger partial charge is 0.321 e. The van der Waals surface area contributed by atoms with Gasteiger partial charge in [0, 0.05) is 7.05 Å². The van der Waals surface area contributed by atoms with Crippen molar-refractivity contribution in [1.82, 2.24) is 15.0 Å². The average molecular weight is 262 g/mol. The fraction of sp³-hybridized carbons (Fsp3) is 0.308. The van der Waals surface area contributed by atoms with Crippen molar-refractivity contribution < 1.29 is 9.13 Å². The van der Waals surface area contributed by atoms with Crippen molar-refractivity contribution in [3.05, 3.63) is 29.6 Å². The molecule has 0 fully saturated rings. The van der Waals surface area contributed by atoms with Crippen LogP contribution in [0.3, 0.4) is 0 Å². The summed E-state index contributed by atoms with van der Waals surface area (Å²) in [4.78, 5) is 12.3.